The molecule has 0 bridgehead atoms. The zero-order valence-corrected chi connectivity index (χ0v) is 42.0. The van der Waals surface area contributed by atoms with Crippen molar-refractivity contribution in [2.75, 3.05) is 6.61 Å². The van der Waals surface area contributed by atoms with Crippen LogP contribution in [0.3, 0.4) is 0 Å². The summed E-state index contributed by atoms with van der Waals surface area (Å²) < 4.78 is 8.35. The molecule has 11 rings (SSSR count). The topological polar surface area (TPSA) is 39.9 Å². The fourth-order valence-electron chi connectivity index (χ4n) is 12.1. The van der Waals surface area contributed by atoms with E-state index in [0.717, 1.165) is 31.4 Å². The minimum atomic E-state index is 0.0239. The largest absolute Gasteiger partial charge is 0.375 e. The first kappa shape index (κ1) is 47.7. The highest BCUT2D eigenvalue weighted by Crippen LogP contribution is 2.59. The molecule has 0 amide bonds. The maximum Gasteiger partial charge on any atom is 0.108 e. The number of hydrogen-bond donors (Lipinski definition) is 0. The summed E-state index contributed by atoms with van der Waals surface area (Å²) >= 11 is 0. The molecule has 3 aliphatic carbocycles. The molecule has 1 heterocycles. The number of benzene rings is 7. The fraction of sp³-hybridized carbons (Fsp3) is 0.217. The van der Waals surface area contributed by atoms with Crippen LogP contribution in [-0.4, -0.2) is 21.6 Å². The number of aromatic nitrogens is 3. The van der Waals surface area contributed by atoms with Crippen molar-refractivity contribution in [3.63, 3.8) is 0 Å². The Bertz CT molecular complexity index is 3110. The quantitative estimate of drug-likeness (QED) is 0.0854. The van der Waals surface area contributed by atoms with E-state index in [4.69, 9.17) is 4.74 Å². The summed E-state index contributed by atoms with van der Waals surface area (Å²) in [6.07, 6.45) is 18.6. The van der Waals surface area contributed by atoms with Crippen LogP contribution in [-0.2, 0) is 17.9 Å². The second-order valence-corrected chi connectivity index (χ2v) is 20.6. The Morgan fingerprint density at radius 1 is 0.548 bits per heavy atom. The van der Waals surface area contributed by atoms with Crippen molar-refractivity contribution in [1.29, 1.82) is 0 Å². The van der Waals surface area contributed by atoms with Crippen molar-refractivity contribution in [2.45, 2.75) is 57.6 Å². The van der Waals surface area contributed by atoms with E-state index in [0.29, 0.717) is 55.3 Å². The van der Waals surface area contributed by atoms with Gasteiger partial charge >= 0.3 is 0 Å². The number of hydrogen-bond acceptors (Lipinski definition) is 3. The minimum Gasteiger partial charge on any atom is -0.375 e. The van der Waals surface area contributed by atoms with Gasteiger partial charge < -0.3 is 4.74 Å². The van der Waals surface area contributed by atoms with Crippen molar-refractivity contribution in [3.8, 4) is 0 Å². The van der Waals surface area contributed by atoms with Crippen molar-refractivity contribution in [3.05, 3.63) is 293 Å². The van der Waals surface area contributed by atoms with Gasteiger partial charge in [-0.3, -0.25) is 0 Å². The number of nitrogens with zero attached hydrogens (tertiary/aromatic N) is 3. The second kappa shape index (κ2) is 22.4. The molecule has 362 valence electrons. The van der Waals surface area contributed by atoms with Gasteiger partial charge in [0, 0.05) is 5.92 Å². The van der Waals surface area contributed by atoms with Gasteiger partial charge in [-0.1, -0.05) is 241 Å². The van der Waals surface area contributed by atoms with Crippen LogP contribution in [0.5, 0.6) is 0 Å². The molecule has 0 N–H and O–H groups in total. The van der Waals surface area contributed by atoms with E-state index in [9.17, 15) is 0 Å². The predicted octanol–water partition coefficient (Wildman–Crippen LogP) is 16.4. The lowest BCUT2D eigenvalue weighted by molar-refractivity contribution is 0.0778. The van der Waals surface area contributed by atoms with Gasteiger partial charge in [0.25, 0.3) is 0 Å². The van der Waals surface area contributed by atoms with Gasteiger partial charge in [0.15, 0.2) is 0 Å². The van der Waals surface area contributed by atoms with Crippen LogP contribution in [0.2, 0.25) is 0 Å². The molecule has 0 aliphatic heterocycles. The van der Waals surface area contributed by atoms with Crippen molar-refractivity contribution in [2.24, 2.45) is 29.6 Å². The van der Waals surface area contributed by atoms with E-state index < -0.39 is 0 Å². The molecule has 73 heavy (non-hydrogen) atoms. The first-order chi connectivity index (χ1) is 36.0. The number of rotatable bonds is 17. The van der Waals surface area contributed by atoms with Crippen molar-refractivity contribution >= 4 is 28.4 Å². The summed E-state index contributed by atoms with van der Waals surface area (Å²) in [5.41, 5.74) is 17.6. The van der Waals surface area contributed by atoms with E-state index in [1.54, 1.807) is 0 Å². The van der Waals surface area contributed by atoms with Crippen molar-refractivity contribution in [1.82, 2.24) is 15.0 Å². The smallest absolute Gasteiger partial charge is 0.108 e. The normalized spacial score (nSPS) is 21.3. The Hall–Kier alpha value is -7.66. The minimum absolute atomic E-state index is 0.0239. The average molecular weight is 952 g/mol. The van der Waals surface area contributed by atoms with Gasteiger partial charge in [0.2, 0.25) is 0 Å². The van der Waals surface area contributed by atoms with E-state index in [2.05, 4.69) is 254 Å². The fourth-order valence-corrected chi connectivity index (χ4v) is 12.1. The third kappa shape index (κ3) is 10.9. The highest BCUT2D eigenvalue weighted by atomic mass is 16.5. The van der Waals surface area contributed by atoms with Crippen LogP contribution >= 0.6 is 0 Å². The average Bonchev–Trinajstić information content (AvgIpc) is 4.26. The third-order valence-corrected chi connectivity index (χ3v) is 15.7. The summed E-state index contributed by atoms with van der Waals surface area (Å²) in [5, 5.41) is 8.85. The molecule has 7 aromatic carbocycles. The van der Waals surface area contributed by atoms with E-state index in [1.165, 1.54) is 72.4 Å². The van der Waals surface area contributed by atoms with Crippen LogP contribution in [0, 0.1) is 36.5 Å². The zero-order chi connectivity index (χ0) is 49.3. The molecule has 0 radical (unpaired) electrons. The first-order valence-electron chi connectivity index (χ1n) is 26.4. The molecule has 1 aromatic heterocycles. The maximum absolute atomic E-state index is 6.44. The SMILES string of the molecule is C=C[C@@H]1CC(/C=C/C2CC(/C=C/c3ccccc3)C(COCc3cn(Cc4ccc(C)cc4)nn3)C2)CC1c1ccc(C2C(c3ccccc3)=C(c3ccccc3)C(c3ccccc3)=C2c2ccccc2)cc1. The first-order valence-corrected chi connectivity index (χ1v) is 26.4. The van der Waals surface area contributed by atoms with Crippen LogP contribution in [0.15, 0.2) is 237 Å². The van der Waals surface area contributed by atoms with Crippen LogP contribution in [0.1, 0.15) is 93.3 Å². The number of allylic oxidation sites excluding steroid dienone is 8. The molecule has 6 atom stereocenters. The molecule has 0 saturated heterocycles. The van der Waals surface area contributed by atoms with Gasteiger partial charge in [-0.15, -0.1) is 11.7 Å². The predicted molar refractivity (Wildman–Crippen MR) is 302 cm³/mol. The Labute approximate surface area is 432 Å². The lowest BCUT2D eigenvalue weighted by atomic mass is 9.80. The number of ether oxygens (including phenoxy) is 1. The zero-order valence-electron chi connectivity index (χ0n) is 42.0. The molecular formula is C69H65N3O. The van der Waals surface area contributed by atoms with E-state index in [1.807, 2.05) is 10.9 Å². The molecule has 8 aromatic rings. The molecular weight excluding hydrogens is 887 g/mol. The Kier molecular flexibility index (Phi) is 14.6. The summed E-state index contributed by atoms with van der Waals surface area (Å²) in [5.74, 6) is 2.72. The summed E-state index contributed by atoms with van der Waals surface area (Å²) in [7, 11) is 0. The molecule has 2 saturated carbocycles. The molecule has 4 nitrogen and oxygen atoms in total. The molecule has 3 aliphatic rings. The van der Waals surface area contributed by atoms with E-state index in [-0.39, 0.29) is 5.92 Å². The summed E-state index contributed by atoms with van der Waals surface area (Å²) in [6.45, 7) is 8.38. The van der Waals surface area contributed by atoms with Gasteiger partial charge in [0.1, 0.15) is 5.69 Å². The van der Waals surface area contributed by atoms with Crippen LogP contribution in [0.4, 0.5) is 0 Å². The van der Waals surface area contributed by atoms with Gasteiger partial charge in [-0.05, 0) is 135 Å². The third-order valence-electron chi connectivity index (χ3n) is 15.7. The molecule has 4 heteroatoms. The van der Waals surface area contributed by atoms with Gasteiger partial charge in [0.05, 0.1) is 26.0 Å². The Morgan fingerprint density at radius 2 is 1.07 bits per heavy atom. The van der Waals surface area contributed by atoms with Crippen molar-refractivity contribution < 1.29 is 4.74 Å². The lowest BCUT2D eigenvalue weighted by Gasteiger charge is -2.23. The standard InChI is InChI=1S/C69H65N3O/c1-3-54-41-53(34-33-52-42-61(36-35-50-19-9-4-10-20-50)62(43-52)47-73-48-63-46-72(71-70-63)45-51-31-29-49(2)30-32-51)44-64(54)55-37-39-60(40-38-55)69-67(58-25-15-7-16-26-58)65(56-21-11-5-12-22-56)66(57-23-13-6-14-24-57)68(69)59-27-17-8-18-28-59/h3-40,46,52-54,61-62,64,69H,1,41-45,47-48H2,2H3/b34-33+,36-35+/t52?,53?,54-,61?,62?,64?/m1/s1. The molecule has 2 fully saturated rings. The monoisotopic (exact) mass is 952 g/mol. The van der Waals surface area contributed by atoms with E-state index >= 15 is 0 Å². The Morgan fingerprint density at radius 3 is 1.64 bits per heavy atom. The molecule has 0 spiro atoms. The summed E-state index contributed by atoms with van der Waals surface area (Å²) in [6, 6.07) is 73.2. The molecule has 5 unspecified atom stereocenters. The highest BCUT2D eigenvalue weighted by molar-refractivity contribution is 6.29. The van der Waals surface area contributed by atoms with Crippen LogP contribution < -0.4 is 0 Å². The summed E-state index contributed by atoms with van der Waals surface area (Å²) in [4.78, 5) is 0. The number of aryl methyl sites for hydroxylation is 1. The second-order valence-electron chi connectivity index (χ2n) is 20.6. The van der Waals surface area contributed by atoms with Gasteiger partial charge in [-0.2, -0.15) is 0 Å². The lowest BCUT2D eigenvalue weighted by Crippen LogP contribution is -2.13. The maximum atomic E-state index is 6.44. The van der Waals surface area contributed by atoms with Crippen LogP contribution in [0.25, 0.3) is 28.4 Å². The van der Waals surface area contributed by atoms with Gasteiger partial charge in [-0.25, -0.2) is 4.68 Å². The highest BCUT2D eigenvalue weighted by Gasteiger charge is 2.39. The Balaban J connectivity index is 0.825.